The van der Waals surface area contributed by atoms with Gasteiger partial charge in [0.15, 0.2) is 0 Å². The van der Waals surface area contributed by atoms with E-state index >= 15 is 0 Å². The van der Waals surface area contributed by atoms with Gasteiger partial charge in [-0.25, -0.2) is 8.42 Å². The number of ether oxygens (including phenoxy) is 1. The molecule has 0 spiro atoms. The minimum Gasteiger partial charge on any atom is -0.497 e. The SMILES string of the molecule is COc1cccc(C2CN(S(=O)(=O)CCCc3ccccc3)CCN2C)c1. The van der Waals surface area contributed by atoms with Gasteiger partial charge < -0.3 is 4.74 Å². The summed E-state index contributed by atoms with van der Waals surface area (Å²) in [6, 6.07) is 18.0. The Kier molecular flexibility index (Phi) is 6.52. The minimum atomic E-state index is -3.26. The van der Waals surface area contributed by atoms with Crippen LogP contribution < -0.4 is 4.74 Å². The van der Waals surface area contributed by atoms with E-state index in [1.54, 1.807) is 11.4 Å². The molecule has 2 aromatic rings. The van der Waals surface area contributed by atoms with Crippen LogP contribution in [0.1, 0.15) is 23.6 Å². The molecule has 3 rings (SSSR count). The van der Waals surface area contributed by atoms with Gasteiger partial charge in [-0.05, 0) is 43.1 Å². The van der Waals surface area contributed by atoms with Gasteiger partial charge in [0.2, 0.25) is 10.0 Å². The molecule has 0 radical (unpaired) electrons. The van der Waals surface area contributed by atoms with Crippen molar-refractivity contribution >= 4 is 10.0 Å². The zero-order chi connectivity index (χ0) is 19.3. The average Bonchev–Trinajstić information content (AvgIpc) is 2.69. The summed E-state index contributed by atoms with van der Waals surface area (Å²) in [6.45, 7) is 1.75. The van der Waals surface area contributed by atoms with Crippen molar-refractivity contribution in [2.45, 2.75) is 18.9 Å². The number of hydrogen-bond acceptors (Lipinski definition) is 4. The molecule has 0 N–H and O–H groups in total. The van der Waals surface area contributed by atoms with Crippen molar-refractivity contribution in [1.82, 2.24) is 9.21 Å². The molecule has 2 aromatic carbocycles. The molecule has 1 unspecified atom stereocenters. The van der Waals surface area contributed by atoms with E-state index in [-0.39, 0.29) is 11.8 Å². The van der Waals surface area contributed by atoms with Crippen molar-refractivity contribution in [2.75, 3.05) is 39.5 Å². The van der Waals surface area contributed by atoms with E-state index in [2.05, 4.69) is 4.90 Å². The smallest absolute Gasteiger partial charge is 0.214 e. The molecule has 0 saturated carbocycles. The normalized spacial score (nSPS) is 19.1. The third kappa shape index (κ3) is 5.09. The van der Waals surface area contributed by atoms with Gasteiger partial charge in [-0.3, -0.25) is 4.90 Å². The van der Waals surface area contributed by atoms with Gasteiger partial charge in [0.25, 0.3) is 0 Å². The summed E-state index contributed by atoms with van der Waals surface area (Å²) >= 11 is 0. The van der Waals surface area contributed by atoms with Gasteiger partial charge in [0, 0.05) is 25.7 Å². The van der Waals surface area contributed by atoms with Crippen LogP contribution in [0.5, 0.6) is 5.75 Å². The van der Waals surface area contributed by atoms with Crippen molar-refractivity contribution in [2.24, 2.45) is 0 Å². The van der Waals surface area contributed by atoms with Crippen LogP contribution in [0.25, 0.3) is 0 Å². The molecule has 27 heavy (non-hydrogen) atoms. The lowest BCUT2D eigenvalue weighted by Crippen LogP contribution is -2.49. The quantitative estimate of drug-likeness (QED) is 0.732. The van der Waals surface area contributed by atoms with Crippen LogP contribution in [0.2, 0.25) is 0 Å². The third-order valence-electron chi connectivity index (χ3n) is 5.19. The highest BCUT2D eigenvalue weighted by Gasteiger charge is 2.32. The van der Waals surface area contributed by atoms with Gasteiger partial charge in [-0.15, -0.1) is 0 Å². The number of nitrogens with zero attached hydrogens (tertiary/aromatic N) is 2. The lowest BCUT2D eigenvalue weighted by Gasteiger charge is -2.39. The molecule has 1 aliphatic heterocycles. The van der Waals surface area contributed by atoms with Gasteiger partial charge in [0.1, 0.15) is 5.75 Å². The Labute approximate surface area is 162 Å². The summed E-state index contributed by atoms with van der Waals surface area (Å²) in [5.74, 6) is 0.986. The fourth-order valence-corrected chi connectivity index (χ4v) is 5.04. The Hall–Kier alpha value is -1.89. The van der Waals surface area contributed by atoms with Gasteiger partial charge >= 0.3 is 0 Å². The number of rotatable bonds is 7. The maximum absolute atomic E-state index is 12.9. The number of likely N-dealkylation sites (N-methyl/N-ethyl adjacent to an activating group) is 1. The van der Waals surface area contributed by atoms with Crippen LogP contribution >= 0.6 is 0 Å². The second kappa shape index (κ2) is 8.87. The van der Waals surface area contributed by atoms with Crippen LogP contribution in [0.4, 0.5) is 0 Å². The number of aryl methyl sites for hydroxylation is 1. The van der Waals surface area contributed by atoms with Crippen LogP contribution in [-0.2, 0) is 16.4 Å². The summed E-state index contributed by atoms with van der Waals surface area (Å²) in [6.07, 6.45) is 1.43. The Bertz CT molecular complexity index is 840. The highest BCUT2D eigenvalue weighted by atomic mass is 32.2. The van der Waals surface area contributed by atoms with Crippen molar-refractivity contribution in [1.29, 1.82) is 0 Å². The van der Waals surface area contributed by atoms with E-state index in [1.807, 2.05) is 61.6 Å². The van der Waals surface area contributed by atoms with Crippen LogP contribution in [0.3, 0.4) is 0 Å². The van der Waals surface area contributed by atoms with E-state index in [9.17, 15) is 8.42 Å². The molecule has 1 aliphatic rings. The number of hydrogen-bond donors (Lipinski definition) is 0. The molecule has 5 nitrogen and oxygen atoms in total. The second-order valence-corrected chi connectivity index (χ2v) is 9.12. The molecule has 146 valence electrons. The number of sulfonamides is 1. The fourth-order valence-electron chi connectivity index (χ4n) is 3.54. The summed E-state index contributed by atoms with van der Waals surface area (Å²) in [7, 11) is 0.433. The molecule has 1 atom stereocenters. The van der Waals surface area contributed by atoms with Crippen molar-refractivity contribution in [3.63, 3.8) is 0 Å². The highest BCUT2D eigenvalue weighted by molar-refractivity contribution is 7.89. The Morgan fingerprint density at radius 2 is 1.85 bits per heavy atom. The predicted octanol–water partition coefficient (Wildman–Crippen LogP) is 2.95. The highest BCUT2D eigenvalue weighted by Crippen LogP contribution is 2.28. The lowest BCUT2D eigenvalue weighted by molar-refractivity contribution is 0.148. The summed E-state index contributed by atoms with van der Waals surface area (Å²) < 4.78 is 32.7. The maximum atomic E-state index is 12.9. The predicted molar refractivity (Wildman–Crippen MR) is 108 cm³/mol. The van der Waals surface area contributed by atoms with Crippen LogP contribution in [0, 0.1) is 0 Å². The average molecular weight is 389 g/mol. The molecule has 0 bridgehead atoms. The number of benzene rings is 2. The van der Waals surface area contributed by atoms with E-state index in [0.717, 1.165) is 24.3 Å². The van der Waals surface area contributed by atoms with Crippen molar-refractivity contribution < 1.29 is 13.2 Å². The van der Waals surface area contributed by atoms with E-state index in [4.69, 9.17) is 4.74 Å². The third-order valence-corrected chi connectivity index (χ3v) is 7.12. The van der Waals surface area contributed by atoms with E-state index < -0.39 is 10.0 Å². The molecule has 1 saturated heterocycles. The first-order valence-electron chi connectivity index (χ1n) is 9.35. The molecule has 0 amide bonds. The van der Waals surface area contributed by atoms with Crippen molar-refractivity contribution in [3.8, 4) is 5.75 Å². The molecule has 0 aromatic heterocycles. The summed E-state index contributed by atoms with van der Waals surface area (Å²) in [4.78, 5) is 2.21. The first kappa shape index (κ1) is 19.9. The topological polar surface area (TPSA) is 49.9 Å². The zero-order valence-electron chi connectivity index (χ0n) is 16.0. The Morgan fingerprint density at radius 1 is 1.07 bits per heavy atom. The molecule has 1 fully saturated rings. The fraction of sp³-hybridized carbons (Fsp3) is 0.429. The van der Waals surface area contributed by atoms with Crippen LogP contribution in [-0.4, -0.2) is 57.2 Å². The standard InChI is InChI=1S/C21H28N2O3S/c1-22-13-14-23(17-21(22)19-11-6-12-20(16-19)26-2)27(24,25)15-7-10-18-8-4-3-5-9-18/h3-6,8-9,11-12,16,21H,7,10,13-15,17H2,1-2H3. The molecular weight excluding hydrogens is 360 g/mol. The zero-order valence-corrected chi connectivity index (χ0v) is 16.9. The first-order valence-corrected chi connectivity index (χ1v) is 11.0. The monoisotopic (exact) mass is 388 g/mol. The van der Waals surface area contributed by atoms with Gasteiger partial charge in [-0.2, -0.15) is 4.31 Å². The largest absolute Gasteiger partial charge is 0.497 e. The van der Waals surface area contributed by atoms with E-state index in [0.29, 0.717) is 19.5 Å². The van der Waals surface area contributed by atoms with Crippen LogP contribution in [0.15, 0.2) is 54.6 Å². The van der Waals surface area contributed by atoms with Gasteiger partial charge in [0.05, 0.1) is 12.9 Å². The molecular formula is C21H28N2O3S. The summed E-state index contributed by atoms with van der Waals surface area (Å²) in [5.41, 5.74) is 2.27. The second-order valence-electron chi connectivity index (χ2n) is 7.04. The van der Waals surface area contributed by atoms with Gasteiger partial charge in [-0.1, -0.05) is 42.5 Å². The molecule has 6 heteroatoms. The summed E-state index contributed by atoms with van der Waals surface area (Å²) in [5, 5.41) is 0. The first-order chi connectivity index (χ1) is 13.0. The lowest BCUT2D eigenvalue weighted by atomic mass is 10.0. The van der Waals surface area contributed by atoms with Crippen molar-refractivity contribution in [3.05, 3.63) is 65.7 Å². The molecule has 1 heterocycles. The maximum Gasteiger partial charge on any atom is 0.214 e. The Morgan fingerprint density at radius 3 is 2.59 bits per heavy atom. The number of methoxy groups -OCH3 is 1. The molecule has 0 aliphatic carbocycles. The minimum absolute atomic E-state index is 0.0396. The van der Waals surface area contributed by atoms with E-state index in [1.165, 1.54) is 5.56 Å². The number of piperazine rings is 1. The Balaban J connectivity index is 1.65.